The molecule has 0 aromatic heterocycles. The van der Waals surface area contributed by atoms with Crippen molar-refractivity contribution in [3.8, 4) is 0 Å². The Kier molecular flexibility index (Phi) is 3.97. The molecule has 0 aliphatic carbocycles. The fourth-order valence-electron chi connectivity index (χ4n) is 1.33. The highest BCUT2D eigenvalue weighted by Crippen LogP contribution is 2.33. The maximum absolute atomic E-state index is 12.3. The molecule has 0 heterocycles. The summed E-state index contributed by atoms with van der Waals surface area (Å²) in [5.41, 5.74) is 4.07. The number of aliphatic hydroxyl groups is 3. The number of nitrogens with two attached hydrogens (primary N) is 1. The van der Waals surface area contributed by atoms with Gasteiger partial charge in [0.05, 0.1) is 12.2 Å². The van der Waals surface area contributed by atoms with Crippen molar-refractivity contribution < 1.29 is 28.5 Å². The Hall–Kier alpha value is -1.31. The Morgan fingerprint density at radius 2 is 1.82 bits per heavy atom. The molecule has 0 fully saturated rings. The highest BCUT2D eigenvalue weighted by atomic mass is 19.4. The number of halogens is 3. The second-order valence-electron chi connectivity index (χ2n) is 3.54. The Morgan fingerprint density at radius 1 is 1.24 bits per heavy atom. The van der Waals surface area contributed by atoms with Gasteiger partial charge in [0.15, 0.2) is 0 Å². The Balaban J connectivity index is 3.06. The third-order valence-electron chi connectivity index (χ3n) is 2.28. The zero-order valence-corrected chi connectivity index (χ0v) is 8.65. The summed E-state index contributed by atoms with van der Waals surface area (Å²) in [6, 6.07) is 2.39. The fourth-order valence-corrected chi connectivity index (χ4v) is 1.33. The first-order valence-corrected chi connectivity index (χ1v) is 4.71. The first-order chi connectivity index (χ1) is 7.77. The van der Waals surface area contributed by atoms with Crippen LogP contribution in [0.15, 0.2) is 18.2 Å². The number of anilines is 1. The van der Waals surface area contributed by atoms with Gasteiger partial charge in [0.1, 0.15) is 12.2 Å². The molecule has 0 aliphatic rings. The lowest BCUT2D eigenvalue weighted by molar-refractivity contribution is -0.137. The molecule has 2 atom stereocenters. The Morgan fingerprint density at radius 3 is 2.24 bits per heavy atom. The van der Waals surface area contributed by atoms with E-state index < -0.39 is 30.6 Å². The molecular formula is C10H12F3NO3. The third kappa shape index (κ3) is 3.09. The molecule has 1 aromatic rings. The second kappa shape index (κ2) is 4.91. The van der Waals surface area contributed by atoms with Crippen LogP contribution < -0.4 is 5.73 Å². The topological polar surface area (TPSA) is 86.7 Å². The average molecular weight is 251 g/mol. The molecule has 0 saturated heterocycles. The Bertz CT molecular complexity index is 395. The number of hydrogen-bond donors (Lipinski definition) is 4. The number of hydrogen-bond acceptors (Lipinski definition) is 4. The monoisotopic (exact) mass is 251 g/mol. The molecule has 7 heteroatoms. The van der Waals surface area contributed by atoms with Crippen molar-refractivity contribution in [2.75, 3.05) is 12.3 Å². The van der Waals surface area contributed by atoms with Gasteiger partial charge in [0.2, 0.25) is 0 Å². The quantitative estimate of drug-likeness (QED) is 0.595. The summed E-state index contributed by atoms with van der Waals surface area (Å²) in [6.07, 6.45) is -7.54. The van der Waals surface area contributed by atoms with Crippen molar-refractivity contribution in [3.05, 3.63) is 29.3 Å². The van der Waals surface area contributed by atoms with Crippen LogP contribution in [0.3, 0.4) is 0 Å². The van der Waals surface area contributed by atoms with Crippen LogP contribution in [0.2, 0.25) is 0 Å². The minimum Gasteiger partial charge on any atom is -0.398 e. The van der Waals surface area contributed by atoms with Crippen molar-refractivity contribution >= 4 is 5.69 Å². The van der Waals surface area contributed by atoms with Gasteiger partial charge in [-0.3, -0.25) is 0 Å². The standard InChI is InChI=1S/C10H12F3NO3/c11-10(12,13)5-1-2-6(7(14)3-5)9(17)8(16)4-15/h1-3,8-9,15-17H,4,14H2. The summed E-state index contributed by atoms with van der Waals surface area (Å²) in [5.74, 6) is 0. The van der Waals surface area contributed by atoms with Crippen LogP contribution in [0.5, 0.6) is 0 Å². The van der Waals surface area contributed by atoms with Crippen LogP contribution in [-0.4, -0.2) is 28.0 Å². The number of alkyl halides is 3. The maximum Gasteiger partial charge on any atom is 0.416 e. The fraction of sp³-hybridized carbons (Fsp3) is 0.400. The zero-order valence-electron chi connectivity index (χ0n) is 8.65. The molecule has 5 N–H and O–H groups in total. The minimum absolute atomic E-state index is 0.0560. The molecule has 0 bridgehead atoms. The molecule has 96 valence electrons. The summed E-state index contributed by atoms with van der Waals surface area (Å²) in [4.78, 5) is 0. The number of benzene rings is 1. The lowest BCUT2D eigenvalue weighted by atomic mass is 10.0. The molecule has 0 amide bonds. The van der Waals surface area contributed by atoms with Gasteiger partial charge in [0.25, 0.3) is 0 Å². The number of rotatable bonds is 3. The third-order valence-corrected chi connectivity index (χ3v) is 2.28. The molecule has 2 unspecified atom stereocenters. The van der Waals surface area contributed by atoms with Gasteiger partial charge in [-0.05, 0) is 12.1 Å². The Labute approximate surface area is 95.1 Å². The van der Waals surface area contributed by atoms with E-state index in [9.17, 15) is 18.3 Å². The summed E-state index contributed by atoms with van der Waals surface area (Å²) >= 11 is 0. The number of nitrogen functional groups attached to an aromatic ring is 1. The predicted octanol–water partition coefficient (Wildman–Crippen LogP) is 0.674. The molecule has 4 nitrogen and oxygen atoms in total. The molecule has 0 aliphatic heterocycles. The average Bonchev–Trinajstić information content (AvgIpc) is 2.25. The van der Waals surface area contributed by atoms with E-state index in [1.54, 1.807) is 0 Å². The van der Waals surface area contributed by atoms with Crippen LogP contribution in [0.1, 0.15) is 17.2 Å². The van der Waals surface area contributed by atoms with E-state index in [4.69, 9.17) is 15.9 Å². The van der Waals surface area contributed by atoms with Crippen molar-refractivity contribution in [2.45, 2.75) is 18.4 Å². The van der Waals surface area contributed by atoms with Gasteiger partial charge in [-0.2, -0.15) is 13.2 Å². The molecule has 0 spiro atoms. The van der Waals surface area contributed by atoms with Crippen LogP contribution in [0.4, 0.5) is 18.9 Å². The van der Waals surface area contributed by atoms with Crippen molar-refractivity contribution in [1.29, 1.82) is 0 Å². The highest BCUT2D eigenvalue weighted by Gasteiger charge is 2.31. The molecule has 0 saturated carbocycles. The normalized spacial score (nSPS) is 15.6. The van der Waals surface area contributed by atoms with Gasteiger partial charge in [-0.15, -0.1) is 0 Å². The molecule has 1 rings (SSSR count). The summed E-state index contributed by atoms with van der Waals surface area (Å²) in [7, 11) is 0. The van der Waals surface area contributed by atoms with E-state index in [0.717, 1.165) is 12.1 Å². The van der Waals surface area contributed by atoms with Gasteiger partial charge < -0.3 is 21.1 Å². The van der Waals surface area contributed by atoms with Crippen LogP contribution >= 0.6 is 0 Å². The van der Waals surface area contributed by atoms with E-state index in [1.807, 2.05) is 0 Å². The summed E-state index contributed by atoms with van der Waals surface area (Å²) in [6.45, 7) is -0.721. The van der Waals surface area contributed by atoms with Gasteiger partial charge in [-0.1, -0.05) is 6.07 Å². The summed E-state index contributed by atoms with van der Waals surface area (Å²) in [5, 5.41) is 27.3. The zero-order chi connectivity index (χ0) is 13.2. The lowest BCUT2D eigenvalue weighted by Crippen LogP contribution is -2.23. The van der Waals surface area contributed by atoms with Crippen LogP contribution in [0.25, 0.3) is 0 Å². The van der Waals surface area contributed by atoms with Gasteiger partial charge >= 0.3 is 6.18 Å². The molecule has 1 aromatic carbocycles. The van der Waals surface area contributed by atoms with Crippen LogP contribution in [-0.2, 0) is 6.18 Å². The molecular weight excluding hydrogens is 239 g/mol. The lowest BCUT2D eigenvalue weighted by Gasteiger charge is -2.18. The smallest absolute Gasteiger partial charge is 0.398 e. The predicted molar refractivity (Wildman–Crippen MR) is 53.9 cm³/mol. The van der Waals surface area contributed by atoms with E-state index in [0.29, 0.717) is 6.07 Å². The van der Waals surface area contributed by atoms with E-state index in [2.05, 4.69) is 0 Å². The van der Waals surface area contributed by atoms with Crippen molar-refractivity contribution in [3.63, 3.8) is 0 Å². The maximum atomic E-state index is 12.3. The van der Waals surface area contributed by atoms with Crippen molar-refractivity contribution in [2.24, 2.45) is 0 Å². The number of aliphatic hydroxyl groups excluding tert-OH is 3. The first-order valence-electron chi connectivity index (χ1n) is 4.71. The largest absolute Gasteiger partial charge is 0.416 e. The second-order valence-corrected chi connectivity index (χ2v) is 3.54. The molecule has 0 radical (unpaired) electrons. The molecule has 17 heavy (non-hydrogen) atoms. The van der Waals surface area contributed by atoms with Gasteiger partial charge in [-0.25, -0.2) is 0 Å². The highest BCUT2D eigenvalue weighted by molar-refractivity contribution is 5.51. The summed E-state index contributed by atoms with van der Waals surface area (Å²) < 4.78 is 37.0. The van der Waals surface area contributed by atoms with E-state index >= 15 is 0 Å². The SMILES string of the molecule is Nc1cc(C(F)(F)F)ccc1C(O)C(O)CO. The van der Waals surface area contributed by atoms with Gasteiger partial charge in [0, 0.05) is 11.3 Å². The minimum atomic E-state index is -4.52. The van der Waals surface area contributed by atoms with Crippen molar-refractivity contribution in [1.82, 2.24) is 0 Å². The van der Waals surface area contributed by atoms with E-state index in [-0.39, 0.29) is 11.3 Å². The first kappa shape index (κ1) is 13.8. The van der Waals surface area contributed by atoms with Crippen LogP contribution in [0, 0.1) is 0 Å². The van der Waals surface area contributed by atoms with E-state index in [1.165, 1.54) is 0 Å².